The average molecular weight is 291 g/mol. The van der Waals surface area contributed by atoms with Gasteiger partial charge in [-0.1, -0.05) is 11.6 Å². The van der Waals surface area contributed by atoms with Crippen molar-refractivity contribution in [3.63, 3.8) is 0 Å². The van der Waals surface area contributed by atoms with E-state index < -0.39 is 0 Å². The lowest BCUT2D eigenvalue weighted by Gasteiger charge is -2.11. The number of ether oxygens (including phenoxy) is 1. The van der Waals surface area contributed by atoms with Crippen LogP contribution < -0.4 is 10.1 Å². The second kappa shape index (κ2) is 6.62. The molecule has 1 heterocycles. The fourth-order valence-electron chi connectivity index (χ4n) is 2.00. The van der Waals surface area contributed by atoms with Gasteiger partial charge in [0.15, 0.2) is 0 Å². The summed E-state index contributed by atoms with van der Waals surface area (Å²) < 4.78 is 5.83. The zero-order valence-corrected chi connectivity index (χ0v) is 12.8. The van der Waals surface area contributed by atoms with Gasteiger partial charge in [-0.2, -0.15) is 0 Å². The third-order valence-electron chi connectivity index (χ3n) is 3.00. The van der Waals surface area contributed by atoms with E-state index in [2.05, 4.69) is 10.3 Å². The Labute approximate surface area is 124 Å². The van der Waals surface area contributed by atoms with Gasteiger partial charge >= 0.3 is 0 Å². The molecule has 1 aromatic heterocycles. The second-order valence-corrected chi connectivity index (χ2v) is 5.12. The highest BCUT2D eigenvalue weighted by molar-refractivity contribution is 6.32. The van der Waals surface area contributed by atoms with Gasteiger partial charge in [0.1, 0.15) is 18.2 Å². The minimum atomic E-state index is 0.515. The van der Waals surface area contributed by atoms with Crippen LogP contribution in [0.25, 0.3) is 0 Å². The largest absolute Gasteiger partial charge is 0.489 e. The Bertz CT molecular complexity index is 576. The van der Waals surface area contributed by atoms with E-state index in [0.29, 0.717) is 6.61 Å². The van der Waals surface area contributed by atoms with Crippen LogP contribution in [0.1, 0.15) is 23.6 Å². The summed E-state index contributed by atoms with van der Waals surface area (Å²) in [6, 6.07) is 7.87. The molecule has 3 nitrogen and oxygen atoms in total. The summed E-state index contributed by atoms with van der Waals surface area (Å²) in [6.07, 6.45) is 1.79. The monoisotopic (exact) mass is 290 g/mol. The number of rotatable bonds is 5. The predicted molar refractivity (Wildman–Crippen MR) is 83.7 cm³/mol. The Kier molecular flexibility index (Phi) is 4.85. The molecule has 0 bridgehead atoms. The van der Waals surface area contributed by atoms with E-state index >= 15 is 0 Å². The molecule has 1 N–H and O–H groups in total. The van der Waals surface area contributed by atoms with Crippen molar-refractivity contribution < 1.29 is 4.74 Å². The van der Waals surface area contributed by atoms with E-state index in [9.17, 15) is 0 Å². The average Bonchev–Trinajstić information content (AvgIpc) is 2.43. The topological polar surface area (TPSA) is 34.1 Å². The normalized spacial score (nSPS) is 10.4. The molecule has 0 aliphatic heterocycles. The number of hydrogen-bond donors (Lipinski definition) is 1. The Balaban J connectivity index is 2.07. The van der Waals surface area contributed by atoms with Gasteiger partial charge in [-0.05, 0) is 61.7 Å². The van der Waals surface area contributed by atoms with E-state index in [1.807, 2.05) is 45.0 Å². The van der Waals surface area contributed by atoms with Gasteiger partial charge in [0.2, 0.25) is 0 Å². The highest BCUT2D eigenvalue weighted by Gasteiger charge is 2.04. The van der Waals surface area contributed by atoms with E-state index in [0.717, 1.165) is 39.8 Å². The molecule has 0 unspecified atom stereocenters. The molecule has 0 radical (unpaired) electrons. The Hall–Kier alpha value is -1.74. The molecular weight excluding hydrogens is 272 g/mol. The lowest BCUT2D eigenvalue weighted by molar-refractivity contribution is 0.306. The number of aryl methyl sites for hydroxylation is 2. The fourth-order valence-corrected chi connectivity index (χ4v) is 2.11. The zero-order valence-electron chi connectivity index (χ0n) is 12.0. The molecule has 0 aliphatic carbocycles. The molecule has 0 spiro atoms. The van der Waals surface area contributed by atoms with E-state index in [1.54, 1.807) is 6.20 Å². The van der Waals surface area contributed by atoms with Crippen molar-refractivity contribution in [3.8, 4) is 5.75 Å². The highest BCUT2D eigenvalue weighted by Crippen LogP contribution is 2.26. The smallest absolute Gasteiger partial charge is 0.126 e. The maximum Gasteiger partial charge on any atom is 0.126 e. The quantitative estimate of drug-likeness (QED) is 0.888. The number of halogens is 1. The summed E-state index contributed by atoms with van der Waals surface area (Å²) in [5.41, 5.74) is 3.15. The van der Waals surface area contributed by atoms with E-state index in [-0.39, 0.29) is 0 Å². The van der Waals surface area contributed by atoms with Crippen molar-refractivity contribution in [1.82, 2.24) is 4.98 Å². The molecule has 2 rings (SSSR count). The molecule has 0 amide bonds. The van der Waals surface area contributed by atoms with Crippen LogP contribution in [0.15, 0.2) is 30.5 Å². The number of benzene rings is 1. The van der Waals surface area contributed by atoms with Gasteiger partial charge in [0, 0.05) is 17.8 Å². The molecule has 2 aromatic rings. The number of hydrogen-bond acceptors (Lipinski definition) is 3. The van der Waals surface area contributed by atoms with Crippen LogP contribution in [-0.2, 0) is 6.61 Å². The highest BCUT2D eigenvalue weighted by atomic mass is 35.5. The summed E-state index contributed by atoms with van der Waals surface area (Å²) in [4.78, 5) is 4.24. The van der Waals surface area contributed by atoms with Crippen LogP contribution in [-0.4, -0.2) is 11.5 Å². The Morgan fingerprint density at radius 2 is 1.90 bits per heavy atom. The van der Waals surface area contributed by atoms with Crippen LogP contribution in [0.2, 0.25) is 5.02 Å². The van der Waals surface area contributed by atoms with Crippen LogP contribution in [0.3, 0.4) is 0 Å². The predicted octanol–water partition coefficient (Wildman–Crippen LogP) is 4.36. The molecule has 4 heteroatoms. The molecule has 0 atom stereocenters. The first-order valence-electron chi connectivity index (χ1n) is 6.68. The number of nitrogens with zero attached hydrogens (tertiary/aromatic N) is 1. The van der Waals surface area contributed by atoms with Crippen molar-refractivity contribution in [1.29, 1.82) is 0 Å². The Morgan fingerprint density at radius 1 is 1.20 bits per heavy atom. The lowest BCUT2D eigenvalue weighted by Crippen LogP contribution is -2.01. The van der Waals surface area contributed by atoms with Gasteiger partial charge < -0.3 is 10.1 Å². The molecule has 0 saturated heterocycles. The van der Waals surface area contributed by atoms with Crippen molar-refractivity contribution in [2.24, 2.45) is 0 Å². The first-order chi connectivity index (χ1) is 9.60. The first kappa shape index (κ1) is 14.7. The van der Waals surface area contributed by atoms with Gasteiger partial charge in [-0.25, -0.2) is 4.98 Å². The van der Waals surface area contributed by atoms with E-state index in [1.165, 1.54) is 0 Å². The van der Waals surface area contributed by atoms with Gasteiger partial charge in [0.05, 0.1) is 0 Å². The molecule has 0 aliphatic rings. The van der Waals surface area contributed by atoms with E-state index in [4.69, 9.17) is 16.3 Å². The third kappa shape index (κ3) is 3.64. The Morgan fingerprint density at radius 3 is 2.55 bits per heavy atom. The summed E-state index contributed by atoms with van der Waals surface area (Å²) in [6.45, 7) is 7.38. The van der Waals surface area contributed by atoms with Crippen LogP contribution in [0, 0.1) is 13.8 Å². The van der Waals surface area contributed by atoms with Crippen molar-refractivity contribution in [2.75, 3.05) is 11.9 Å². The van der Waals surface area contributed by atoms with Gasteiger partial charge in [-0.15, -0.1) is 0 Å². The number of pyridine rings is 1. The maximum absolute atomic E-state index is 6.15. The van der Waals surface area contributed by atoms with Gasteiger partial charge in [0.25, 0.3) is 0 Å². The molecular formula is C16H19ClN2O. The number of anilines is 1. The van der Waals surface area contributed by atoms with Crippen molar-refractivity contribution in [3.05, 3.63) is 52.2 Å². The van der Waals surface area contributed by atoms with Crippen molar-refractivity contribution >= 4 is 17.4 Å². The molecule has 20 heavy (non-hydrogen) atoms. The molecule has 1 aromatic carbocycles. The van der Waals surface area contributed by atoms with Crippen LogP contribution >= 0.6 is 11.6 Å². The minimum absolute atomic E-state index is 0.515. The van der Waals surface area contributed by atoms with Crippen LogP contribution in [0.5, 0.6) is 5.75 Å². The zero-order chi connectivity index (χ0) is 14.5. The number of aromatic nitrogens is 1. The lowest BCUT2D eigenvalue weighted by atomic mass is 10.1. The second-order valence-electron chi connectivity index (χ2n) is 4.74. The third-order valence-corrected chi connectivity index (χ3v) is 3.59. The summed E-state index contributed by atoms with van der Waals surface area (Å²) in [5, 5.41) is 3.99. The maximum atomic E-state index is 6.15. The minimum Gasteiger partial charge on any atom is -0.489 e. The molecule has 106 valence electrons. The SMILES string of the molecule is CCNc1cc(COc2cc(C)c(Cl)c(C)c2)ccn1. The van der Waals surface area contributed by atoms with Crippen LogP contribution in [0.4, 0.5) is 5.82 Å². The van der Waals surface area contributed by atoms with Crippen molar-refractivity contribution in [2.45, 2.75) is 27.4 Å². The summed E-state index contributed by atoms with van der Waals surface area (Å²) >= 11 is 6.15. The summed E-state index contributed by atoms with van der Waals surface area (Å²) in [5.74, 6) is 1.71. The molecule has 0 fully saturated rings. The summed E-state index contributed by atoms with van der Waals surface area (Å²) in [7, 11) is 0. The first-order valence-corrected chi connectivity index (χ1v) is 7.06. The standard InChI is InChI=1S/C16H19ClN2O/c1-4-18-15-9-13(5-6-19-15)10-20-14-7-11(2)16(17)12(3)8-14/h5-9H,4,10H2,1-3H3,(H,18,19). The van der Waals surface area contributed by atoms with Gasteiger partial charge in [-0.3, -0.25) is 0 Å². The number of nitrogens with one attached hydrogen (secondary N) is 1. The fraction of sp³-hybridized carbons (Fsp3) is 0.312. The molecule has 0 saturated carbocycles.